The first-order valence-corrected chi connectivity index (χ1v) is 8.65. The Kier molecular flexibility index (Phi) is 3.84. The Morgan fingerprint density at radius 1 is 1.21 bits per heavy atom. The normalized spacial score (nSPS) is 23.8. The number of likely N-dealkylation sites (tertiary alicyclic amines) is 1. The number of nitrogens with zero attached hydrogens (tertiary/aromatic N) is 3. The number of benzene rings is 1. The molecule has 0 radical (unpaired) electrons. The number of hydrogen-bond donors (Lipinski definition) is 2. The van der Waals surface area contributed by atoms with Crippen molar-refractivity contribution in [3.8, 4) is 0 Å². The van der Waals surface area contributed by atoms with Crippen molar-refractivity contribution in [2.24, 2.45) is 0 Å². The van der Waals surface area contributed by atoms with Crippen LogP contribution in [0.3, 0.4) is 0 Å². The zero-order valence-corrected chi connectivity index (χ0v) is 13.7. The van der Waals surface area contributed by atoms with Crippen LogP contribution >= 0.6 is 0 Å². The molecule has 6 heteroatoms. The van der Waals surface area contributed by atoms with Crippen molar-refractivity contribution in [1.29, 1.82) is 0 Å². The molecule has 1 aliphatic carbocycles. The minimum absolute atomic E-state index is 0.00927. The number of fused-ring (bicyclic) bond motifs is 1. The predicted octanol–water partition coefficient (Wildman–Crippen LogP) is 1.81. The maximum Gasteiger partial charge on any atom is 0.253 e. The Balaban J connectivity index is 1.56. The van der Waals surface area contributed by atoms with Gasteiger partial charge in [-0.25, -0.2) is 0 Å². The number of carbonyl (C=O) groups is 1. The zero-order chi connectivity index (χ0) is 16.6. The number of nitrogens with one attached hydrogen (secondary N) is 1. The van der Waals surface area contributed by atoms with E-state index in [4.69, 9.17) is 0 Å². The maximum atomic E-state index is 12.9. The Morgan fingerprint density at radius 2 is 2.04 bits per heavy atom. The highest BCUT2D eigenvalue weighted by Gasteiger charge is 2.39. The van der Waals surface area contributed by atoms with Gasteiger partial charge in [0, 0.05) is 12.1 Å². The summed E-state index contributed by atoms with van der Waals surface area (Å²) in [6.07, 6.45) is 7.47. The van der Waals surface area contributed by atoms with Crippen molar-refractivity contribution in [2.45, 2.75) is 44.1 Å². The maximum absolute atomic E-state index is 12.9. The third-order valence-corrected chi connectivity index (χ3v) is 5.25. The lowest BCUT2D eigenvalue weighted by atomic mass is 9.88. The number of rotatable bonds is 2. The third kappa shape index (κ3) is 2.71. The Hall–Kier alpha value is -2.21. The van der Waals surface area contributed by atoms with E-state index >= 15 is 0 Å². The lowest BCUT2D eigenvalue weighted by molar-refractivity contribution is -0.0320. The second-order valence-electron chi connectivity index (χ2n) is 6.91. The summed E-state index contributed by atoms with van der Waals surface area (Å²) in [7, 11) is 0. The van der Waals surface area contributed by atoms with Crippen LogP contribution in [0.1, 0.15) is 52.9 Å². The standard InChI is InChI=1S/C18H22N4O2/c23-17(15-7-6-13-4-1-2-5-14(13)10-15)22-9-3-8-18(24,12-22)16-11-19-21-20-16/h6-7,10-11,24H,1-5,8-9,12H2,(H,19,20,21)/t18-/m0/s1. The molecule has 1 saturated heterocycles. The number of H-pyrrole nitrogens is 1. The number of aliphatic hydroxyl groups is 1. The van der Waals surface area contributed by atoms with E-state index in [2.05, 4.69) is 21.5 Å². The van der Waals surface area contributed by atoms with E-state index in [0.717, 1.165) is 24.8 Å². The van der Waals surface area contributed by atoms with Gasteiger partial charge in [0.2, 0.25) is 0 Å². The van der Waals surface area contributed by atoms with Gasteiger partial charge in [0.25, 0.3) is 5.91 Å². The number of hydrogen-bond acceptors (Lipinski definition) is 4. The molecule has 2 aliphatic rings. The fourth-order valence-corrected chi connectivity index (χ4v) is 3.89. The van der Waals surface area contributed by atoms with E-state index in [9.17, 15) is 9.90 Å². The third-order valence-electron chi connectivity index (χ3n) is 5.25. The molecule has 2 aromatic rings. The molecule has 0 spiro atoms. The topological polar surface area (TPSA) is 82.1 Å². The van der Waals surface area contributed by atoms with Gasteiger partial charge in [0.1, 0.15) is 11.3 Å². The number of aryl methyl sites for hydroxylation is 2. The summed E-state index contributed by atoms with van der Waals surface area (Å²) in [5.74, 6) is -0.00927. The highest BCUT2D eigenvalue weighted by Crippen LogP contribution is 2.31. The monoisotopic (exact) mass is 326 g/mol. The fourth-order valence-electron chi connectivity index (χ4n) is 3.89. The van der Waals surface area contributed by atoms with Gasteiger partial charge in [-0.2, -0.15) is 15.4 Å². The molecule has 2 N–H and O–H groups in total. The number of amides is 1. The number of aromatic amines is 1. The molecule has 126 valence electrons. The molecule has 0 saturated carbocycles. The number of carbonyl (C=O) groups excluding carboxylic acids is 1. The van der Waals surface area contributed by atoms with Gasteiger partial charge >= 0.3 is 0 Å². The molecule has 2 heterocycles. The van der Waals surface area contributed by atoms with Crippen LogP contribution < -0.4 is 0 Å². The number of β-amino-alcohol motifs (C(OH)–C–C–N with tert-alkyl or cyclic N) is 1. The Morgan fingerprint density at radius 3 is 2.83 bits per heavy atom. The molecule has 0 unspecified atom stereocenters. The fraction of sp³-hybridized carbons (Fsp3) is 0.500. The molecular formula is C18H22N4O2. The average molecular weight is 326 g/mol. The molecule has 1 amide bonds. The molecule has 4 rings (SSSR count). The van der Waals surface area contributed by atoms with E-state index in [1.165, 1.54) is 30.2 Å². The molecule has 1 aromatic carbocycles. The van der Waals surface area contributed by atoms with Gasteiger partial charge in [-0.3, -0.25) is 4.79 Å². The van der Waals surface area contributed by atoms with Crippen LogP contribution in [-0.4, -0.2) is 44.4 Å². The van der Waals surface area contributed by atoms with Crippen LogP contribution in [0, 0.1) is 0 Å². The van der Waals surface area contributed by atoms with E-state index < -0.39 is 5.60 Å². The molecule has 24 heavy (non-hydrogen) atoms. The van der Waals surface area contributed by atoms with Crippen molar-refractivity contribution in [3.63, 3.8) is 0 Å². The molecule has 1 atom stereocenters. The quantitative estimate of drug-likeness (QED) is 0.882. The number of aromatic nitrogens is 3. The van der Waals surface area contributed by atoms with Gasteiger partial charge in [-0.15, -0.1) is 0 Å². The number of piperidine rings is 1. The van der Waals surface area contributed by atoms with E-state index in [1.54, 1.807) is 4.90 Å². The summed E-state index contributed by atoms with van der Waals surface area (Å²) < 4.78 is 0. The van der Waals surface area contributed by atoms with Crippen molar-refractivity contribution in [3.05, 3.63) is 46.8 Å². The molecular weight excluding hydrogens is 304 g/mol. The van der Waals surface area contributed by atoms with Crippen LogP contribution in [0.2, 0.25) is 0 Å². The van der Waals surface area contributed by atoms with Crippen LogP contribution in [0.15, 0.2) is 24.4 Å². The summed E-state index contributed by atoms with van der Waals surface area (Å²) in [5, 5.41) is 21.2. The second kappa shape index (κ2) is 6.02. The van der Waals surface area contributed by atoms with Gasteiger partial charge in [-0.05, 0) is 61.8 Å². The summed E-state index contributed by atoms with van der Waals surface area (Å²) in [5.41, 5.74) is 2.78. The van der Waals surface area contributed by atoms with E-state index in [0.29, 0.717) is 18.7 Å². The first-order valence-electron chi connectivity index (χ1n) is 8.65. The van der Waals surface area contributed by atoms with Gasteiger partial charge in [-0.1, -0.05) is 6.07 Å². The minimum atomic E-state index is -1.12. The van der Waals surface area contributed by atoms with Crippen molar-refractivity contribution < 1.29 is 9.90 Å². The van der Waals surface area contributed by atoms with E-state index in [-0.39, 0.29) is 12.5 Å². The highest BCUT2D eigenvalue weighted by molar-refractivity contribution is 5.94. The molecule has 6 nitrogen and oxygen atoms in total. The Bertz CT molecular complexity index is 743. The summed E-state index contributed by atoms with van der Waals surface area (Å²) in [4.78, 5) is 14.7. The molecule has 1 fully saturated rings. The smallest absolute Gasteiger partial charge is 0.253 e. The molecule has 1 aliphatic heterocycles. The Labute approximate surface area is 140 Å². The summed E-state index contributed by atoms with van der Waals surface area (Å²) in [6, 6.07) is 6.06. The van der Waals surface area contributed by atoms with Crippen LogP contribution in [-0.2, 0) is 18.4 Å². The first kappa shape index (κ1) is 15.3. The van der Waals surface area contributed by atoms with Crippen LogP contribution in [0.5, 0.6) is 0 Å². The van der Waals surface area contributed by atoms with Gasteiger partial charge in [0.15, 0.2) is 0 Å². The van der Waals surface area contributed by atoms with E-state index in [1.807, 2.05) is 12.1 Å². The SMILES string of the molecule is O=C(c1ccc2c(c1)CCCC2)N1CCC[C@@](O)(c2cn[nH]n2)C1. The molecule has 1 aromatic heterocycles. The van der Waals surface area contributed by atoms with Crippen molar-refractivity contribution >= 4 is 5.91 Å². The highest BCUT2D eigenvalue weighted by atomic mass is 16.3. The van der Waals surface area contributed by atoms with Gasteiger partial charge < -0.3 is 10.0 Å². The van der Waals surface area contributed by atoms with Crippen molar-refractivity contribution in [2.75, 3.05) is 13.1 Å². The second-order valence-corrected chi connectivity index (χ2v) is 6.91. The van der Waals surface area contributed by atoms with Crippen LogP contribution in [0.25, 0.3) is 0 Å². The zero-order valence-electron chi connectivity index (χ0n) is 13.7. The molecule has 0 bridgehead atoms. The summed E-state index contributed by atoms with van der Waals surface area (Å²) in [6.45, 7) is 0.922. The predicted molar refractivity (Wildman–Crippen MR) is 88.5 cm³/mol. The first-order chi connectivity index (χ1) is 11.7. The van der Waals surface area contributed by atoms with Crippen molar-refractivity contribution in [1.82, 2.24) is 20.3 Å². The minimum Gasteiger partial charge on any atom is -0.382 e. The largest absolute Gasteiger partial charge is 0.382 e. The van der Waals surface area contributed by atoms with Crippen LogP contribution in [0.4, 0.5) is 0 Å². The van der Waals surface area contributed by atoms with Gasteiger partial charge in [0.05, 0.1) is 12.7 Å². The lowest BCUT2D eigenvalue weighted by Crippen LogP contribution is -2.48. The average Bonchev–Trinajstić information content (AvgIpc) is 3.16. The lowest BCUT2D eigenvalue weighted by Gasteiger charge is -2.38. The summed E-state index contributed by atoms with van der Waals surface area (Å²) >= 11 is 0.